The summed E-state index contributed by atoms with van der Waals surface area (Å²) in [6.07, 6.45) is 1.77. The van der Waals surface area contributed by atoms with Gasteiger partial charge in [0.1, 0.15) is 22.8 Å². The quantitative estimate of drug-likeness (QED) is 0.701. The van der Waals surface area contributed by atoms with E-state index in [9.17, 15) is 0 Å². The summed E-state index contributed by atoms with van der Waals surface area (Å²) in [5, 5.41) is 8.64. The fourth-order valence-corrected chi connectivity index (χ4v) is 3.16. The first-order valence-corrected chi connectivity index (χ1v) is 8.34. The number of methoxy groups -OCH3 is 3. The largest absolute Gasteiger partial charge is 0.496 e. The highest BCUT2D eigenvalue weighted by Crippen LogP contribution is 2.35. The van der Waals surface area contributed by atoms with Gasteiger partial charge in [0, 0.05) is 25.7 Å². The number of aromatic nitrogens is 3. The Hall–Kier alpha value is -2.80. The molecule has 2 heterocycles. The lowest BCUT2D eigenvalue weighted by Gasteiger charge is -2.20. The molecule has 0 aliphatic carbocycles. The first-order chi connectivity index (χ1) is 12.6. The molecule has 7 nitrogen and oxygen atoms in total. The Kier molecular flexibility index (Phi) is 5.27. The van der Waals surface area contributed by atoms with Gasteiger partial charge in [-0.25, -0.2) is 4.98 Å². The van der Waals surface area contributed by atoms with Crippen LogP contribution in [0.15, 0.2) is 30.5 Å². The first kappa shape index (κ1) is 18.0. The third kappa shape index (κ3) is 3.30. The van der Waals surface area contributed by atoms with Crippen molar-refractivity contribution >= 4 is 16.7 Å². The zero-order valence-corrected chi connectivity index (χ0v) is 15.7. The van der Waals surface area contributed by atoms with Crippen molar-refractivity contribution in [2.75, 3.05) is 33.3 Å². The molecule has 0 amide bonds. The summed E-state index contributed by atoms with van der Waals surface area (Å²) in [7, 11) is 6.89. The number of ether oxygens (including phenoxy) is 3. The molecule has 0 aliphatic heterocycles. The predicted octanol–water partition coefficient (Wildman–Crippen LogP) is 3.09. The maximum Gasteiger partial charge on any atom is 0.145 e. The van der Waals surface area contributed by atoms with E-state index in [1.807, 2.05) is 42.9 Å². The molecule has 0 saturated heterocycles. The van der Waals surface area contributed by atoms with Gasteiger partial charge in [-0.15, -0.1) is 0 Å². The van der Waals surface area contributed by atoms with Crippen LogP contribution < -0.4 is 14.8 Å². The Balaban J connectivity index is 2.06. The maximum absolute atomic E-state index is 5.50. The van der Waals surface area contributed by atoms with Gasteiger partial charge in [0.2, 0.25) is 0 Å². The second-order valence-corrected chi connectivity index (χ2v) is 6.05. The third-order valence-electron chi connectivity index (χ3n) is 4.39. The summed E-state index contributed by atoms with van der Waals surface area (Å²) in [6.45, 7) is 2.53. The minimum atomic E-state index is -0.0755. The summed E-state index contributed by atoms with van der Waals surface area (Å²) in [6, 6.07) is 7.66. The molecule has 2 aromatic heterocycles. The highest BCUT2D eigenvalue weighted by atomic mass is 16.5. The number of benzene rings is 1. The Morgan fingerprint density at radius 1 is 1.12 bits per heavy atom. The van der Waals surface area contributed by atoms with Crippen LogP contribution in [0.2, 0.25) is 0 Å². The van der Waals surface area contributed by atoms with Gasteiger partial charge < -0.3 is 19.5 Å². The van der Waals surface area contributed by atoms with E-state index in [4.69, 9.17) is 19.2 Å². The summed E-state index contributed by atoms with van der Waals surface area (Å²) >= 11 is 0. The molecule has 1 N–H and O–H groups in total. The van der Waals surface area contributed by atoms with Crippen molar-refractivity contribution in [2.45, 2.75) is 13.0 Å². The molecule has 3 rings (SSSR count). The Morgan fingerprint density at radius 2 is 1.85 bits per heavy atom. The second kappa shape index (κ2) is 7.61. The van der Waals surface area contributed by atoms with Crippen molar-refractivity contribution in [2.24, 2.45) is 7.05 Å². The Labute approximate surface area is 152 Å². The molecule has 0 radical (unpaired) electrons. The van der Waals surface area contributed by atoms with Crippen LogP contribution in [-0.2, 0) is 11.8 Å². The number of pyridine rings is 1. The fourth-order valence-electron chi connectivity index (χ4n) is 3.16. The molecule has 0 aliphatic rings. The van der Waals surface area contributed by atoms with Gasteiger partial charge in [-0.05, 0) is 36.8 Å². The van der Waals surface area contributed by atoms with E-state index in [-0.39, 0.29) is 6.04 Å². The van der Waals surface area contributed by atoms with Crippen LogP contribution in [0, 0.1) is 6.92 Å². The topological polar surface area (TPSA) is 70.4 Å². The number of hydrogen-bond acceptors (Lipinski definition) is 6. The number of fused-ring (bicyclic) bond motifs is 1. The SMILES string of the molecule is COC[C@@H](Nc1cc(C)c2c(OC)ccc(OC)c2n1)c1ccnn1C. The number of aryl methyl sites for hydroxylation is 2. The normalized spacial score (nSPS) is 12.2. The first-order valence-electron chi connectivity index (χ1n) is 8.34. The number of rotatable bonds is 7. The van der Waals surface area contributed by atoms with Crippen molar-refractivity contribution in [3.05, 3.63) is 41.7 Å². The Morgan fingerprint density at radius 3 is 2.46 bits per heavy atom. The molecule has 0 bridgehead atoms. The van der Waals surface area contributed by atoms with Crippen LogP contribution in [0.1, 0.15) is 17.3 Å². The minimum absolute atomic E-state index is 0.0755. The zero-order chi connectivity index (χ0) is 18.7. The van der Waals surface area contributed by atoms with Crippen molar-refractivity contribution in [3.8, 4) is 11.5 Å². The molecule has 0 fully saturated rings. The standard InChI is InChI=1S/C19H24N4O3/c1-12-10-17(21-13(11-24-3)14-8-9-20-23(14)2)22-19-16(26-5)7-6-15(25-4)18(12)19/h6-10,13H,11H2,1-5H3,(H,21,22)/t13-/m1/s1. The molecular weight excluding hydrogens is 332 g/mol. The van der Waals surface area contributed by atoms with Crippen molar-refractivity contribution in [3.63, 3.8) is 0 Å². The van der Waals surface area contributed by atoms with E-state index < -0.39 is 0 Å². The monoisotopic (exact) mass is 356 g/mol. The zero-order valence-electron chi connectivity index (χ0n) is 15.7. The molecule has 0 unspecified atom stereocenters. The van der Waals surface area contributed by atoms with Crippen LogP contribution >= 0.6 is 0 Å². The average Bonchev–Trinajstić information content (AvgIpc) is 3.06. The van der Waals surface area contributed by atoms with Crippen molar-refractivity contribution < 1.29 is 14.2 Å². The average molecular weight is 356 g/mol. The number of nitrogens with one attached hydrogen (secondary N) is 1. The van der Waals surface area contributed by atoms with Gasteiger partial charge >= 0.3 is 0 Å². The lowest BCUT2D eigenvalue weighted by atomic mass is 10.1. The number of hydrogen-bond donors (Lipinski definition) is 1. The van der Waals surface area contributed by atoms with Gasteiger partial charge in [-0.3, -0.25) is 4.68 Å². The van der Waals surface area contributed by atoms with E-state index in [1.165, 1.54) is 0 Å². The summed E-state index contributed by atoms with van der Waals surface area (Å²) < 4.78 is 18.2. The molecule has 0 spiro atoms. The Bertz CT molecular complexity index is 907. The van der Waals surface area contributed by atoms with Gasteiger partial charge in [0.15, 0.2) is 0 Å². The summed E-state index contributed by atoms with van der Waals surface area (Å²) in [4.78, 5) is 4.78. The lowest BCUT2D eigenvalue weighted by molar-refractivity contribution is 0.184. The van der Waals surface area contributed by atoms with Gasteiger partial charge in [0.25, 0.3) is 0 Å². The molecule has 26 heavy (non-hydrogen) atoms. The van der Waals surface area contributed by atoms with Crippen molar-refractivity contribution in [1.29, 1.82) is 0 Å². The smallest absolute Gasteiger partial charge is 0.145 e. The highest BCUT2D eigenvalue weighted by molar-refractivity contribution is 5.94. The maximum atomic E-state index is 5.50. The predicted molar refractivity (Wildman–Crippen MR) is 101 cm³/mol. The molecule has 3 aromatic rings. The molecule has 138 valence electrons. The van der Waals surface area contributed by atoms with Gasteiger partial charge in [0.05, 0.1) is 32.6 Å². The molecule has 7 heteroatoms. The van der Waals surface area contributed by atoms with E-state index in [1.54, 1.807) is 27.5 Å². The molecule has 1 aromatic carbocycles. The van der Waals surface area contributed by atoms with Gasteiger partial charge in [-0.1, -0.05) is 0 Å². The van der Waals surface area contributed by atoms with Crippen LogP contribution in [0.3, 0.4) is 0 Å². The highest BCUT2D eigenvalue weighted by Gasteiger charge is 2.18. The number of nitrogens with zero attached hydrogens (tertiary/aromatic N) is 3. The lowest BCUT2D eigenvalue weighted by Crippen LogP contribution is -2.20. The molecule has 0 saturated carbocycles. The minimum Gasteiger partial charge on any atom is -0.496 e. The summed E-state index contributed by atoms with van der Waals surface area (Å²) in [5.41, 5.74) is 2.83. The van der Waals surface area contributed by atoms with E-state index in [0.29, 0.717) is 12.4 Å². The van der Waals surface area contributed by atoms with E-state index in [0.717, 1.165) is 33.7 Å². The van der Waals surface area contributed by atoms with Crippen LogP contribution in [0.5, 0.6) is 11.5 Å². The van der Waals surface area contributed by atoms with E-state index >= 15 is 0 Å². The van der Waals surface area contributed by atoms with Crippen LogP contribution in [0.25, 0.3) is 10.9 Å². The van der Waals surface area contributed by atoms with Crippen molar-refractivity contribution in [1.82, 2.24) is 14.8 Å². The van der Waals surface area contributed by atoms with Crippen LogP contribution in [0.4, 0.5) is 5.82 Å². The summed E-state index contributed by atoms with van der Waals surface area (Å²) in [5.74, 6) is 2.22. The third-order valence-corrected chi connectivity index (χ3v) is 4.39. The van der Waals surface area contributed by atoms with Gasteiger partial charge in [-0.2, -0.15) is 5.10 Å². The van der Waals surface area contributed by atoms with Crippen LogP contribution in [-0.4, -0.2) is 42.7 Å². The van der Waals surface area contributed by atoms with E-state index in [2.05, 4.69) is 10.4 Å². The second-order valence-electron chi connectivity index (χ2n) is 6.05. The fraction of sp³-hybridized carbons (Fsp3) is 0.368. The molecule has 1 atom stereocenters. The molecular formula is C19H24N4O3. The number of anilines is 1.